The van der Waals surface area contributed by atoms with Gasteiger partial charge in [0.05, 0.1) is 7.11 Å². The molecule has 14 heavy (non-hydrogen) atoms. The van der Waals surface area contributed by atoms with Gasteiger partial charge in [-0.3, -0.25) is 4.79 Å². The molecule has 0 aliphatic heterocycles. The number of thiol groups is 1. The molecule has 1 heterocycles. The van der Waals surface area contributed by atoms with Crippen LogP contribution >= 0.6 is 12.9 Å². The Balaban J connectivity index is 2.82. The molecule has 0 radical (unpaired) electrons. The summed E-state index contributed by atoms with van der Waals surface area (Å²) in [5, 5.41) is 0. The Morgan fingerprint density at radius 3 is 2.93 bits per heavy atom. The molecule has 0 unspecified atom stereocenters. The first-order valence-electron chi connectivity index (χ1n) is 3.62. The average Bonchev–Trinajstić information content (AvgIpc) is 2.64. The molecule has 0 fully saturated rings. The average molecular weight is 216 g/mol. The lowest BCUT2D eigenvalue weighted by atomic mass is 10.5. The van der Waals surface area contributed by atoms with Crippen LogP contribution in [0.3, 0.4) is 0 Å². The number of carbonyl (C=O) groups is 2. The molecule has 0 bridgehead atoms. The first-order valence-corrected chi connectivity index (χ1v) is 3.99. The van der Waals surface area contributed by atoms with Gasteiger partial charge in [0.25, 0.3) is 0 Å². The Labute approximate surface area is 85.4 Å². The zero-order chi connectivity index (χ0) is 10.6. The van der Waals surface area contributed by atoms with Crippen LogP contribution in [0.15, 0.2) is 12.4 Å². The van der Waals surface area contributed by atoms with Gasteiger partial charge in [-0.05, 0) is 0 Å². The summed E-state index contributed by atoms with van der Waals surface area (Å²) in [7, 11) is 1.26. The summed E-state index contributed by atoms with van der Waals surface area (Å²) < 4.78 is 9.91. The van der Waals surface area contributed by atoms with E-state index < -0.39 is 11.9 Å². The molecule has 7 heteroatoms. The lowest BCUT2D eigenvalue weighted by Crippen LogP contribution is -2.16. The summed E-state index contributed by atoms with van der Waals surface area (Å²) in [6, 6.07) is 0. The van der Waals surface area contributed by atoms with Crippen molar-refractivity contribution in [2.45, 2.75) is 6.54 Å². The number of methoxy groups -OCH3 is 1. The summed E-state index contributed by atoms with van der Waals surface area (Å²) in [4.78, 5) is 25.6. The molecular weight excluding hydrogens is 208 g/mol. The maximum absolute atomic E-state index is 11.0. The first-order chi connectivity index (χ1) is 6.69. The van der Waals surface area contributed by atoms with Crippen molar-refractivity contribution in [3.8, 4) is 0 Å². The molecule has 6 nitrogen and oxygen atoms in total. The highest BCUT2D eigenvalue weighted by Gasteiger charge is 2.15. The second-order valence-electron chi connectivity index (χ2n) is 2.33. The number of carbonyl (C=O) groups excluding carboxylic acids is 2. The van der Waals surface area contributed by atoms with Crippen LogP contribution in [0, 0.1) is 0 Å². The highest BCUT2D eigenvalue weighted by Crippen LogP contribution is 2.01. The summed E-state index contributed by atoms with van der Waals surface area (Å²) >= 11 is 3.34. The van der Waals surface area contributed by atoms with E-state index in [2.05, 4.69) is 26.8 Å². The van der Waals surface area contributed by atoms with Crippen molar-refractivity contribution in [2.75, 3.05) is 7.11 Å². The van der Waals surface area contributed by atoms with Gasteiger partial charge in [0, 0.05) is 25.3 Å². The van der Waals surface area contributed by atoms with Crippen LogP contribution < -0.4 is 0 Å². The molecule has 0 aliphatic rings. The summed E-state index contributed by atoms with van der Waals surface area (Å²) in [5.41, 5.74) is 0. The minimum absolute atomic E-state index is 0.00500. The lowest BCUT2D eigenvalue weighted by Gasteiger charge is -2.03. The van der Waals surface area contributed by atoms with Crippen molar-refractivity contribution in [3.05, 3.63) is 18.2 Å². The molecular formula is C7H8N2O4S. The number of hydrogen-bond acceptors (Lipinski definition) is 6. The predicted molar refractivity (Wildman–Crippen MR) is 48.6 cm³/mol. The summed E-state index contributed by atoms with van der Waals surface area (Å²) in [6.45, 7) is -0.0886. The molecule has 0 saturated heterocycles. The molecule has 0 amide bonds. The smallest absolute Gasteiger partial charge is 0.386 e. The molecule has 1 aromatic rings. The van der Waals surface area contributed by atoms with Crippen molar-refractivity contribution in [1.82, 2.24) is 9.55 Å². The van der Waals surface area contributed by atoms with Crippen LogP contribution in [0.25, 0.3) is 0 Å². The number of esters is 1. The second-order valence-corrected chi connectivity index (χ2v) is 2.52. The van der Waals surface area contributed by atoms with Gasteiger partial charge in [0.1, 0.15) is 6.54 Å². The Bertz CT molecular complexity index is 349. The Morgan fingerprint density at radius 1 is 1.64 bits per heavy atom. The van der Waals surface area contributed by atoms with E-state index >= 15 is 0 Å². The minimum atomic E-state index is -0.720. The van der Waals surface area contributed by atoms with Crippen molar-refractivity contribution in [2.24, 2.45) is 0 Å². The third-order valence-electron chi connectivity index (χ3n) is 1.51. The summed E-state index contributed by atoms with van der Waals surface area (Å²) in [6.07, 6.45) is 2.85. The largest absolute Gasteiger partial charge is 0.468 e. The Morgan fingerprint density at radius 2 is 2.36 bits per heavy atom. The van der Waals surface area contributed by atoms with E-state index in [1.807, 2.05) is 0 Å². The lowest BCUT2D eigenvalue weighted by molar-refractivity contribution is -0.141. The highest BCUT2D eigenvalue weighted by molar-refractivity contribution is 7.75. The van der Waals surface area contributed by atoms with Crippen LogP contribution in [0.4, 0.5) is 0 Å². The van der Waals surface area contributed by atoms with Crippen LogP contribution in [0.1, 0.15) is 10.6 Å². The van der Waals surface area contributed by atoms with Crippen molar-refractivity contribution >= 4 is 24.8 Å². The van der Waals surface area contributed by atoms with Gasteiger partial charge in [-0.2, -0.15) is 0 Å². The van der Waals surface area contributed by atoms with Gasteiger partial charge >= 0.3 is 11.9 Å². The predicted octanol–water partition coefficient (Wildman–Crippen LogP) is 0.0577. The quantitative estimate of drug-likeness (QED) is 0.439. The molecule has 0 aliphatic carbocycles. The molecule has 1 aromatic heterocycles. The normalized spacial score (nSPS) is 9.57. The molecule has 0 saturated carbocycles. The number of rotatable bonds is 3. The van der Waals surface area contributed by atoms with Crippen molar-refractivity contribution in [1.29, 1.82) is 0 Å². The Kier molecular flexibility index (Phi) is 3.52. The van der Waals surface area contributed by atoms with Gasteiger partial charge in [-0.25, -0.2) is 9.78 Å². The number of hydrogen-bond donors (Lipinski definition) is 1. The van der Waals surface area contributed by atoms with E-state index in [1.165, 1.54) is 24.1 Å². The van der Waals surface area contributed by atoms with E-state index in [4.69, 9.17) is 0 Å². The topological polar surface area (TPSA) is 70.4 Å². The fourth-order valence-corrected chi connectivity index (χ4v) is 0.953. The molecule has 0 aromatic carbocycles. The van der Waals surface area contributed by atoms with Crippen LogP contribution in [0.2, 0.25) is 0 Å². The second kappa shape index (κ2) is 4.66. The molecule has 76 valence electrons. The van der Waals surface area contributed by atoms with Gasteiger partial charge in [0.2, 0.25) is 5.82 Å². The zero-order valence-electron chi connectivity index (χ0n) is 7.34. The van der Waals surface area contributed by atoms with Crippen molar-refractivity contribution in [3.63, 3.8) is 0 Å². The maximum atomic E-state index is 11.0. The number of nitrogens with zero attached hydrogens (tertiary/aromatic N) is 2. The molecule has 0 N–H and O–H groups in total. The standard InChI is InChI=1S/C7H8N2O4S/c1-12-5(10)4-9-3-2-8-6(9)7(11)13-14/h2-3,14H,4H2,1H3. The third kappa shape index (κ3) is 2.25. The van der Waals surface area contributed by atoms with E-state index in [-0.39, 0.29) is 12.4 Å². The summed E-state index contributed by atoms with van der Waals surface area (Å²) in [5.74, 6) is -1.19. The van der Waals surface area contributed by atoms with E-state index in [0.29, 0.717) is 0 Å². The monoisotopic (exact) mass is 216 g/mol. The van der Waals surface area contributed by atoms with E-state index in [1.54, 1.807) is 0 Å². The van der Waals surface area contributed by atoms with Gasteiger partial charge in [-0.15, -0.1) is 0 Å². The first kappa shape index (κ1) is 10.6. The third-order valence-corrected chi connectivity index (χ3v) is 1.67. The number of aromatic nitrogens is 2. The maximum Gasteiger partial charge on any atom is 0.386 e. The van der Waals surface area contributed by atoms with Crippen LogP contribution in [-0.2, 0) is 20.3 Å². The molecule has 0 spiro atoms. The fourth-order valence-electron chi connectivity index (χ4n) is 0.871. The molecule has 1 rings (SSSR count). The van der Waals surface area contributed by atoms with Gasteiger partial charge < -0.3 is 13.5 Å². The van der Waals surface area contributed by atoms with Crippen molar-refractivity contribution < 1.29 is 18.5 Å². The SMILES string of the molecule is COC(=O)Cn1ccnc1C(=O)OS. The van der Waals surface area contributed by atoms with Gasteiger partial charge in [0.15, 0.2) is 0 Å². The zero-order valence-corrected chi connectivity index (χ0v) is 8.23. The highest BCUT2D eigenvalue weighted by atomic mass is 32.1. The van der Waals surface area contributed by atoms with Crippen LogP contribution in [0.5, 0.6) is 0 Å². The Hall–Kier alpha value is -1.50. The number of imidazole rings is 1. The van der Waals surface area contributed by atoms with E-state index in [9.17, 15) is 9.59 Å². The minimum Gasteiger partial charge on any atom is -0.468 e. The fraction of sp³-hybridized carbons (Fsp3) is 0.286. The van der Waals surface area contributed by atoms with Gasteiger partial charge in [-0.1, -0.05) is 0 Å². The van der Waals surface area contributed by atoms with E-state index in [0.717, 1.165) is 0 Å². The molecule has 0 atom stereocenters. The number of ether oxygens (including phenoxy) is 1. The van der Waals surface area contributed by atoms with Crippen LogP contribution in [-0.4, -0.2) is 28.6 Å².